The molecule has 0 aromatic carbocycles. The van der Waals surface area contributed by atoms with Crippen LogP contribution in [0.1, 0.15) is 20.8 Å². The zero-order valence-electron chi connectivity index (χ0n) is 10.6. The number of nitrogens with zero attached hydrogens (tertiary/aromatic N) is 1. The van der Waals surface area contributed by atoms with Crippen LogP contribution in [0.4, 0.5) is 4.79 Å². The molecule has 0 aliphatic carbocycles. The van der Waals surface area contributed by atoms with E-state index in [2.05, 4.69) is 10.1 Å². The Kier molecular flexibility index (Phi) is 5.21. The van der Waals surface area contributed by atoms with Gasteiger partial charge in [0.25, 0.3) is 0 Å². The molecule has 0 spiro atoms. The Bertz CT molecular complexity index is 273. The van der Waals surface area contributed by atoms with Crippen LogP contribution in [0, 0.1) is 0 Å². The lowest BCUT2D eigenvalue weighted by atomic mass is 10.2. The highest BCUT2D eigenvalue weighted by molar-refractivity contribution is 5.82. The quantitative estimate of drug-likeness (QED) is 0.778. The highest BCUT2D eigenvalue weighted by atomic mass is 16.5. The zero-order chi connectivity index (χ0) is 12.8. The van der Waals surface area contributed by atoms with Crippen LogP contribution < -0.4 is 5.32 Å². The Morgan fingerprint density at radius 2 is 1.94 bits per heavy atom. The Morgan fingerprint density at radius 3 is 2.47 bits per heavy atom. The van der Waals surface area contributed by atoms with Crippen molar-refractivity contribution < 1.29 is 19.1 Å². The molecule has 1 aliphatic heterocycles. The van der Waals surface area contributed by atoms with Crippen molar-refractivity contribution in [3.05, 3.63) is 0 Å². The summed E-state index contributed by atoms with van der Waals surface area (Å²) < 4.78 is 10.2. The fourth-order valence-corrected chi connectivity index (χ4v) is 1.82. The largest absolute Gasteiger partial charge is 0.450 e. The van der Waals surface area contributed by atoms with Gasteiger partial charge in [-0.1, -0.05) is 0 Å². The van der Waals surface area contributed by atoms with Crippen LogP contribution in [0.2, 0.25) is 0 Å². The van der Waals surface area contributed by atoms with E-state index in [1.807, 2.05) is 13.8 Å². The lowest BCUT2D eigenvalue weighted by Gasteiger charge is -2.35. The third-order valence-electron chi connectivity index (χ3n) is 2.43. The van der Waals surface area contributed by atoms with E-state index >= 15 is 0 Å². The number of alkyl carbamates (subject to hydrolysis) is 1. The number of morpholine rings is 1. The lowest BCUT2D eigenvalue weighted by molar-refractivity contribution is -0.142. The Balaban J connectivity index is 2.34. The maximum Gasteiger partial charge on any atom is 0.407 e. The second-order valence-electron chi connectivity index (χ2n) is 4.13. The van der Waals surface area contributed by atoms with Crippen molar-refractivity contribution in [2.45, 2.75) is 33.0 Å². The summed E-state index contributed by atoms with van der Waals surface area (Å²) in [6.45, 7) is 6.96. The predicted octanol–water partition coefficient (Wildman–Crippen LogP) is 0.368. The number of hydrogen-bond donors (Lipinski definition) is 1. The first-order valence-corrected chi connectivity index (χ1v) is 5.86. The standard InChI is InChI=1S/C11H20N2O4/c1-4-16-11(15)12-5-10(14)13-6-8(2)17-9(3)7-13/h8-9H,4-7H2,1-3H3,(H,12,15)/t8-,9+. The summed E-state index contributed by atoms with van der Waals surface area (Å²) in [5.74, 6) is -0.111. The van der Waals surface area contributed by atoms with Crippen molar-refractivity contribution in [1.29, 1.82) is 0 Å². The molecule has 1 N–H and O–H groups in total. The van der Waals surface area contributed by atoms with E-state index in [4.69, 9.17) is 4.74 Å². The van der Waals surface area contributed by atoms with E-state index in [1.165, 1.54) is 0 Å². The van der Waals surface area contributed by atoms with Gasteiger partial charge in [-0.3, -0.25) is 4.79 Å². The molecule has 0 aromatic heterocycles. The van der Waals surface area contributed by atoms with Crippen molar-refractivity contribution in [2.24, 2.45) is 0 Å². The lowest BCUT2D eigenvalue weighted by Crippen LogP contribution is -2.51. The van der Waals surface area contributed by atoms with Crippen molar-refractivity contribution >= 4 is 12.0 Å². The van der Waals surface area contributed by atoms with E-state index in [9.17, 15) is 9.59 Å². The summed E-state index contributed by atoms with van der Waals surface area (Å²) >= 11 is 0. The van der Waals surface area contributed by atoms with Gasteiger partial charge >= 0.3 is 6.09 Å². The van der Waals surface area contributed by atoms with Crippen LogP contribution in [-0.4, -0.2) is 55.3 Å². The van der Waals surface area contributed by atoms with Gasteiger partial charge in [0.15, 0.2) is 0 Å². The van der Waals surface area contributed by atoms with Gasteiger partial charge in [-0.25, -0.2) is 4.79 Å². The summed E-state index contributed by atoms with van der Waals surface area (Å²) in [6.07, 6.45) is -0.495. The molecule has 17 heavy (non-hydrogen) atoms. The average molecular weight is 244 g/mol. The number of amides is 2. The number of carbonyl (C=O) groups excluding carboxylic acids is 2. The number of rotatable bonds is 3. The van der Waals surface area contributed by atoms with E-state index in [1.54, 1.807) is 11.8 Å². The normalized spacial score (nSPS) is 24.3. The van der Waals surface area contributed by atoms with Crippen molar-refractivity contribution in [1.82, 2.24) is 10.2 Å². The second kappa shape index (κ2) is 6.44. The van der Waals surface area contributed by atoms with Crippen LogP contribution in [-0.2, 0) is 14.3 Å². The maximum atomic E-state index is 11.8. The zero-order valence-corrected chi connectivity index (χ0v) is 10.6. The molecular weight excluding hydrogens is 224 g/mol. The molecule has 0 saturated carbocycles. The van der Waals surface area contributed by atoms with Gasteiger partial charge in [0, 0.05) is 13.1 Å². The Labute approximate surface area is 101 Å². The van der Waals surface area contributed by atoms with Crippen molar-refractivity contribution in [3.8, 4) is 0 Å². The van der Waals surface area contributed by atoms with Crippen molar-refractivity contribution in [2.75, 3.05) is 26.2 Å². The fraction of sp³-hybridized carbons (Fsp3) is 0.818. The molecule has 6 heteroatoms. The van der Waals surface area contributed by atoms with Crippen LogP contribution in [0.5, 0.6) is 0 Å². The number of nitrogens with one attached hydrogen (secondary N) is 1. The molecule has 1 aliphatic rings. The molecule has 6 nitrogen and oxygen atoms in total. The molecule has 1 saturated heterocycles. The van der Waals surface area contributed by atoms with Crippen LogP contribution >= 0.6 is 0 Å². The minimum Gasteiger partial charge on any atom is -0.450 e. The van der Waals surface area contributed by atoms with E-state index in [-0.39, 0.29) is 24.7 Å². The molecule has 98 valence electrons. The fourth-order valence-electron chi connectivity index (χ4n) is 1.82. The van der Waals surface area contributed by atoms with Crippen LogP contribution in [0.3, 0.4) is 0 Å². The first-order chi connectivity index (χ1) is 8.02. The Morgan fingerprint density at radius 1 is 1.35 bits per heavy atom. The number of hydrogen-bond acceptors (Lipinski definition) is 4. The SMILES string of the molecule is CCOC(=O)NCC(=O)N1C[C@@H](C)O[C@@H](C)C1. The highest BCUT2D eigenvalue weighted by Gasteiger charge is 2.25. The molecule has 2 amide bonds. The molecule has 2 atom stereocenters. The van der Waals surface area contributed by atoms with Gasteiger partial charge < -0.3 is 19.7 Å². The summed E-state index contributed by atoms with van der Waals surface area (Å²) in [7, 11) is 0. The van der Waals surface area contributed by atoms with Crippen LogP contribution in [0.15, 0.2) is 0 Å². The minimum atomic E-state index is -0.560. The molecule has 1 fully saturated rings. The first kappa shape index (κ1) is 13.8. The molecule has 0 aromatic rings. The summed E-state index contributed by atoms with van der Waals surface area (Å²) in [5.41, 5.74) is 0. The van der Waals surface area contributed by atoms with E-state index in [0.29, 0.717) is 19.7 Å². The van der Waals surface area contributed by atoms with Crippen LogP contribution in [0.25, 0.3) is 0 Å². The predicted molar refractivity (Wildman–Crippen MR) is 61.6 cm³/mol. The van der Waals surface area contributed by atoms with E-state index in [0.717, 1.165) is 0 Å². The van der Waals surface area contributed by atoms with Gasteiger partial charge in [0.1, 0.15) is 6.54 Å². The summed E-state index contributed by atoms with van der Waals surface area (Å²) in [4.78, 5) is 24.5. The van der Waals surface area contributed by atoms with Gasteiger partial charge in [0.05, 0.1) is 18.8 Å². The molecule has 0 bridgehead atoms. The Hall–Kier alpha value is -1.30. The van der Waals surface area contributed by atoms with Gasteiger partial charge in [-0.15, -0.1) is 0 Å². The molecule has 0 radical (unpaired) electrons. The third kappa shape index (κ3) is 4.60. The van der Waals surface area contributed by atoms with Gasteiger partial charge in [0.2, 0.25) is 5.91 Å². The maximum absolute atomic E-state index is 11.8. The van der Waals surface area contributed by atoms with Gasteiger partial charge in [-0.05, 0) is 20.8 Å². The van der Waals surface area contributed by atoms with Gasteiger partial charge in [-0.2, -0.15) is 0 Å². The third-order valence-corrected chi connectivity index (χ3v) is 2.43. The topological polar surface area (TPSA) is 67.9 Å². The minimum absolute atomic E-state index is 0.0295. The number of carbonyl (C=O) groups is 2. The summed E-state index contributed by atoms with van der Waals surface area (Å²) in [6, 6.07) is 0. The number of ether oxygens (including phenoxy) is 2. The molecule has 1 rings (SSSR count). The summed E-state index contributed by atoms with van der Waals surface area (Å²) in [5, 5.41) is 2.42. The molecule has 0 unspecified atom stereocenters. The smallest absolute Gasteiger partial charge is 0.407 e. The van der Waals surface area contributed by atoms with E-state index < -0.39 is 6.09 Å². The second-order valence-corrected chi connectivity index (χ2v) is 4.13. The molecular formula is C11H20N2O4. The first-order valence-electron chi connectivity index (χ1n) is 5.86. The molecule has 1 heterocycles. The highest BCUT2D eigenvalue weighted by Crippen LogP contribution is 2.10. The average Bonchev–Trinajstić information content (AvgIpc) is 2.25. The monoisotopic (exact) mass is 244 g/mol. The van der Waals surface area contributed by atoms with Crippen molar-refractivity contribution in [3.63, 3.8) is 0 Å².